The second-order valence-corrected chi connectivity index (χ2v) is 0. The van der Waals surface area contributed by atoms with Crippen LogP contribution in [0.15, 0.2) is 0 Å². The summed E-state index contributed by atoms with van der Waals surface area (Å²) < 4.78 is 0. The van der Waals surface area contributed by atoms with Gasteiger partial charge >= 0.3 is 0 Å². The van der Waals surface area contributed by atoms with Crippen LogP contribution >= 0.6 is 0 Å². The van der Waals surface area contributed by atoms with Crippen LogP contribution in [-0.4, -0.2) is 21.9 Å². The van der Waals surface area contributed by atoms with E-state index in [9.17, 15) is 0 Å². The molecule has 0 aromatic rings. The maximum absolute atomic E-state index is 0. The Kier molecular flexibility index (Phi) is 21100. The average molecular weight is 260 g/mol. The van der Waals surface area contributed by atoms with Gasteiger partial charge in [-0.1, -0.05) is 0 Å². The molecule has 41 valence electrons. The molecule has 1 radical (unpaired) electrons. The molecule has 0 atom stereocenters. The van der Waals surface area contributed by atoms with Gasteiger partial charge in [0.2, 0.25) is 0 Å². The molecule has 0 aromatic heterocycles. The zero-order chi connectivity index (χ0) is 0. The molecule has 0 aliphatic heterocycles. The molecule has 5 heteroatoms. The van der Waals surface area contributed by atoms with Crippen molar-refractivity contribution in [3.8, 4) is 0 Å². The Labute approximate surface area is 42.8 Å². The van der Waals surface area contributed by atoms with E-state index in [4.69, 9.17) is 0 Å². The summed E-state index contributed by atoms with van der Waals surface area (Å²) in [5.74, 6) is 0. The zero-order valence-electron chi connectivity index (χ0n) is 2.12. The van der Waals surface area contributed by atoms with Crippen molar-refractivity contribution in [2.24, 2.45) is 0 Å². The normalized spacial score (nSPS) is 0. The van der Waals surface area contributed by atoms with Gasteiger partial charge in [-0.15, -0.1) is 0 Å². The van der Waals surface area contributed by atoms with Crippen LogP contribution in [0, 0.1) is 0 Å². The fourth-order valence-electron chi connectivity index (χ4n) is 0. The van der Waals surface area contributed by atoms with Gasteiger partial charge < -0.3 is 21.9 Å². The Hall–Kier alpha value is 0.489. The largest absolute Gasteiger partial charge is 0.870 e. The summed E-state index contributed by atoms with van der Waals surface area (Å²) in [6.07, 6.45) is 0. The van der Waals surface area contributed by atoms with Crippen LogP contribution in [0.3, 0.4) is 0 Å². The predicted octanol–water partition coefficient (Wildman–Crippen LogP) is -0.710. The van der Waals surface area contributed by atoms with E-state index in [2.05, 4.69) is 0 Å². The van der Waals surface area contributed by atoms with Crippen LogP contribution in [0.5, 0.6) is 0 Å². The van der Waals surface area contributed by atoms with Gasteiger partial charge in [-0.3, -0.25) is 0 Å². The van der Waals surface area contributed by atoms with Crippen molar-refractivity contribution >= 4 is 0 Å². The molecule has 0 unspecified atom stereocenters. The quantitative estimate of drug-likeness (QED) is 0.571. The third kappa shape index (κ3) is 116. The average Bonchev–Trinajstić information content (AvgIpc) is 0. The van der Waals surface area contributed by atoms with Crippen molar-refractivity contribution in [2.45, 2.75) is 0 Å². The maximum atomic E-state index is 0. The molecule has 0 amide bonds. The smallest absolute Gasteiger partial charge is 0 e. The predicted molar refractivity (Wildman–Crippen MR) is 7.74 cm³/mol. The molecular weight excluding hydrogens is 256 g/mol. The molecule has 0 heterocycles. The fraction of sp³-hybridized carbons (Fsp3) is 0. The van der Waals surface area contributed by atoms with Gasteiger partial charge in [-0.05, 0) is 0 Å². The van der Waals surface area contributed by atoms with Gasteiger partial charge in [-0.2, -0.15) is 0 Å². The van der Waals surface area contributed by atoms with E-state index < -0.39 is 0 Å². The van der Waals surface area contributed by atoms with Gasteiger partial charge in [0.15, 0.2) is 0 Å². The van der Waals surface area contributed by atoms with E-state index in [1.54, 1.807) is 0 Å². The summed E-state index contributed by atoms with van der Waals surface area (Å²) in [6.45, 7) is 0. The van der Waals surface area contributed by atoms with Crippen molar-refractivity contribution in [1.29, 1.82) is 0 Å². The summed E-state index contributed by atoms with van der Waals surface area (Å²) >= 11 is 0. The molecule has 0 aliphatic rings. The molecule has 0 aliphatic carbocycles. The number of rotatable bonds is 0. The SMILES string of the molecule is [Ir].[OH-].[OH-].[OH-].[OH-]. The van der Waals surface area contributed by atoms with E-state index in [1.807, 2.05) is 0 Å². The molecule has 0 saturated heterocycles. The molecule has 5 heavy (non-hydrogen) atoms. The van der Waals surface area contributed by atoms with Gasteiger partial charge in [0, 0.05) is 20.1 Å². The Bertz CT molecular complexity index is 3.61. The van der Waals surface area contributed by atoms with E-state index in [0.29, 0.717) is 0 Å². The standard InChI is InChI=1S/Ir.4H2O/h;4*1H2/p-4. The third-order valence-corrected chi connectivity index (χ3v) is 0. The summed E-state index contributed by atoms with van der Waals surface area (Å²) in [7, 11) is 0. The second-order valence-electron chi connectivity index (χ2n) is 0. The summed E-state index contributed by atoms with van der Waals surface area (Å²) in [6, 6.07) is 0. The van der Waals surface area contributed by atoms with Gasteiger partial charge in [0.05, 0.1) is 0 Å². The Morgan fingerprint density at radius 2 is 0.400 bits per heavy atom. The van der Waals surface area contributed by atoms with Crippen LogP contribution in [0.2, 0.25) is 0 Å². The first-order valence-electron chi connectivity index (χ1n) is 0. The fourth-order valence-corrected chi connectivity index (χ4v) is 0. The third-order valence-electron chi connectivity index (χ3n) is 0. The first-order valence-corrected chi connectivity index (χ1v) is 0. The summed E-state index contributed by atoms with van der Waals surface area (Å²) in [5.41, 5.74) is 0. The van der Waals surface area contributed by atoms with Gasteiger partial charge in [0.25, 0.3) is 0 Å². The first-order chi connectivity index (χ1) is 0. The maximum Gasteiger partial charge on any atom is 0 e. The van der Waals surface area contributed by atoms with Crippen molar-refractivity contribution < 1.29 is 42.0 Å². The van der Waals surface area contributed by atoms with E-state index >= 15 is 0 Å². The molecular formula is H4IrO4-4. The van der Waals surface area contributed by atoms with Crippen molar-refractivity contribution in [3.63, 3.8) is 0 Å². The van der Waals surface area contributed by atoms with Crippen LogP contribution in [0.25, 0.3) is 0 Å². The molecule has 0 fully saturated rings. The van der Waals surface area contributed by atoms with Crippen LogP contribution in [0.1, 0.15) is 0 Å². The van der Waals surface area contributed by atoms with Crippen molar-refractivity contribution in [1.82, 2.24) is 0 Å². The summed E-state index contributed by atoms with van der Waals surface area (Å²) in [4.78, 5) is 0. The second kappa shape index (κ2) is 228. The number of hydrogen-bond donors (Lipinski definition) is 0. The Morgan fingerprint density at radius 3 is 0.400 bits per heavy atom. The molecule has 0 bridgehead atoms. The monoisotopic (exact) mass is 261 g/mol. The Morgan fingerprint density at radius 1 is 0.400 bits per heavy atom. The van der Waals surface area contributed by atoms with E-state index in [1.165, 1.54) is 0 Å². The first kappa shape index (κ1) is 462. The molecule has 0 saturated carbocycles. The number of hydrogen-bond acceptors (Lipinski definition) is 4. The van der Waals surface area contributed by atoms with E-state index in [0.717, 1.165) is 0 Å². The van der Waals surface area contributed by atoms with Crippen LogP contribution < -0.4 is 0 Å². The van der Waals surface area contributed by atoms with Gasteiger partial charge in [-0.25, -0.2) is 0 Å². The van der Waals surface area contributed by atoms with Crippen LogP contribution in [-0.2, 0) is 20.1 Å². The molecule has 4 N–H and O–H groups in total. The van der Waals surface area contributed by atoms with Gasteiger partial charge in [0.1, 0.15) is 0 Å². The Balaban J connectivity index is 0. The zero-order valence-corrected chi connectivity index (χ0v) is 4.52. The molecule has 0 spiro atoms. The molecule has 4 nitrogen and oxygen atoms in total. The minimum Gasteiger partial charge on any atom is -0.870 e. The molecule has 0 aromatic carbocycles. The minimum absolute atomic E-state index is 0. The summed E-state index contributed by atoms with van der Waals surface area (Å²) in [5, 5.41) is 0. The topological polar surface area (TPSA) is 120 Å². The van der Waals surface area contributed by atoms with Crippen molar-refractivity contribution in [3.05, 3.63) is 0 Å². The van der Waals surface area contributed by atoms with Crippen LogP contribution in [0.4, 0.5) is 0 Å². The molecule has 0 rings (SSSR count). The minimum atomic E-state index is 0. The van der Waals surface area contributed by atoms with Crippen molar-refractivity contribution in [2.75, 3.05) is 0 Å². The van der Waals surface area contributed by atoms with E-state index in [-0.39, 0.29) is 42.0 Å².